The summed E-state index contributed by atoms with van der Waals surface area (Å²) < 4.78 is 34.9. The zero-order valence-electron chi connectivity index (χ0n) is 7.82. The van der Waals surface area contributed by atoms with Gasteiger partial charge in [0.05, 0.1) is 0 Å². The van der Waals surface area contributed by atoms with Crippen molar-refractivity contribution in [2.45, 2.75) is 18.5 Å². The molecule has 88 valence electrons. The van der Waals surface area contributed by atoms with Gasteiger partial charge in [0.2, 0.25) is 5.91 Å². The van der Waals surface area contributed by atoms with Crippen LogP contribution in [-0.4, -0.2) is 36.5 Å². The van der Waals surface area contributed by atoms with Gasteiger partial charge in [-0.25, -0.2) is 0 Å². The highest BCUT2D eigenvalue weighted by Gasteiger charge is 2.38. The predicted molar refractivity (Wildman–Crippen MR) is 47.4 cm³/mol. The third-order valence-corrected chi connectivity index (χ3v) is 1.53. The van der Waals surface area contributed by atoms with Crippen molar-refractivity contribution in [3.05, 3.63) is 0 Å². The molecular formula is C7H10ClF3N2O2. The molecule has 0 rings (SSSR count). The molecule has 0 saturated carbocycles. The standard InChI is InChI=1S/C7H10ClF3N2O2/c1-4(8)5(14)12-2-3-13-6(15)7(9,10)11/h4H,2-3H2,1H3,(H,12,14)(H,13,15). The largest absolute Gasteiger partial charge is 0.471 e. The van der Waals surface area contributed by atoms with Gasteiger partial charge in [0.25, 0.3) is 0 Å². The summed E-state index contributed by atoms with van der Waals surface area (Å²) >= 11 is 5.36. The summed E-state index contributed by atoms with van der Waals surface area (Å²) in [4.78, 5) is 21.1. The Morgan fingerprint density at radius 1 is 1.27 bits per heavy atom. The second kappa shape index (κ2) is 5.79. The molecule has 8 heteroatoms. The van der Waals surface area contributed by atoms with Crippen molar-refractivity contribution in [3.8, 4) is 0 Å². The van der Waals surface area contributed by atoms with Crippen molar-refractivity contribution in [1.82, 2.24) is 10.6 Å². The molecule has 0 fully saturated rings. The third kappa shape index (κ3) is 6.16. The lowest BCUT2D eigenvalue weighted by Gasteiger charge is -2.09. The summed E-state index contributed by atoms with van der Waals surface area (Å²) in [5, 5.41) is 3.07. The second-order valence-electron chi connectivity index (χ2n) is 2.66. The van der Waals surface area contributed by atoms with Crippen LogP contribution in [0.4, 0.5) is 13.2 Å². The van der Waals surface area contributed by atoms with E-state index in [1.165, 1.54) is 6.92 Å². The molecule has 2 amide bonds. The molecular weight excluding hydrogens is 237 g/mol. The lowest BCUT2D eigenvalue weighted by atomic mass is 10.4. The van der Waals surface area contributed by atoms with Crippen LogP contribution in [0.1, 0.15) is 6.92 Å². The molecule has 1 atom stereocenters. The van der Waals surface area contributed by atoms with Crippen LogP contribution in [-0.2, 0) is 9.59 Å². The summed E-state index contributed by atoms with van der Waals surface area (Å²) in [6.07, 6.45) is -4.90. The van der Waals surface area contributed by atoms with E-state index in [-0.39, 0.29) is 13.1 Å². The molecule has 0 saturated heterocycles. The molecule has 0 bridgehead atoms. The number of nitrogens with one attached hydrogen (secondary N) is 2. The van der Waals surface area contributed by atoms with Gasteiger partial charge < -0.3 is 10.6 Å². The van der Waals surface area contributed by atoms with E-state index in [1.54, 1.807) is 5.32 Å². The molecule has 0 aromatic heterocycles. The van der Waals surface area contributed by atoms with Crippen molar-refractivity contribution >= 4 is 23.4 Å². The van der Waals surface area contributed by atoms with Gasteiger partial charge in [0.1, 0.15) is 5.38 Å². The number of alkyl halides is 4. The van der Waals surface area contributed by atoms with Crippen LogP contribution in [0.5, 0.6) is 0 Å². The van der Waals surface area contributed by atoms with E-state index in [4.69, 9.17) is 11.6 Å². The molecule has 0 aromatic carbocycles. The minimum absolute atomic E-state index is 0.0995. The molecule has 0 aliphatic carbocycles. The van der Waals surface area contributed by atoms with Crippen LogP contribution in [0.25, 0.3) is 0 Å². The van der Waals surface area contributed by atoms with Gasteiger partial charge in [-0.15, -0.1) is 11.6 Å². The van der Waals surface area contributed by atoms with Crippen LogP contribution in [0.2, 0.25) is 0 Å². The summed E-state index contributed by atoms with van der Waals surface area (Å²) in [7, 11) is 0. The summed E-state index contributed by atoms with van der Waals surface area (Å²) in [6.45, 7) is 1.02. The fraction of sp³-hybridized carbons (Fsp3) is 0.714. The van der Waals surface area contributed by atoms with Crippen molar-refractivity contribution in [2.24, 2.45) is 0 Å². The van der Waals surface area contributed by atoms with E-state index in [9.17, 15) is 22.8 Å². The highest BCUT2D eigenvalue weighted by atomic mass is 35.5. The lowest BCUT2D eigenvalue weighted by Crippen LogP contribution is -2.42. The van der Waals surface area contributed by atoms with Gasteiger partial charge in [-0.1, -0.05) is 0 Å². The number of amides is 2. The minimum Gasteiger partial charge on any atom is -0.353 e. The quantitative estimate of drug-likeness (QED) is 0.558. The predicted octanol–water partition coefficient (Wildman–Crippen LogP) is 0.408. The second-order valence-corrected chi connectivity index (χ2v) is 3.32. The smallest absolute Gasteiger partial charge is 0.353 e. The van der Waals surface area contributed by atoms with E-state index in [0.29, 0.717) is 0 Å². The van der Waals surface area contributed by atoms with Crippen LogP contribution in [0.15, 0.2) is 0 Å². The maximum atomic E-state index is 11.6. The SMILES string of the molecule is CC(Cl)C(=O)NCCNC(=O)C(F)(F)F. The first-order valence-electron chi connectivity index (χ1n) is 4.02. The van der Waals surface area contributed by atoms with Gasteiger partial charge in [0.15, 0.2) is 0 Å². The molecule has 0 aromatic rings. The maximum Gasteiger partial charge on any atom is 0.471 e. The molecule has 0 aliphatic rings. The van der Waals surface area contributed by atoms with E-state index in [2.05, 4.69) is 5.32 Å². The first kappa shape index (κ1) is 14.0. The van der Waals surface area contributed by atoms with Gasteiger partial charge in [-0.3, -0.25) is 9.59 Å². The third-order valence-electron chi connectivity index (χ3n) is 1.33. The Morgan fingerprint density at radius 3 is 2.13 bits per heavy atom. The zero-order valence-corrected chi connectivity index (χ0v) is 8.58. The highest BCUT2D eigenvalue weighted by molar-refractivity contribution is 6.30. The van der Waals surface area contributed by atoms with Gasteiger partial charge in [0, 0.05) is 13.1 Å². The average molecular weight is 247 g/mol. The Labute approximate surface area is 89.2 Å². The number of hydrogen-bond acceptors (Lipinski definition) is 2. The van der Waals surface area contributed by atoms with Gasteiger partial charge >= 0.3 is 12.1 Å². The minimum atomic E-state index is -4.90. The monoisotopic (exact) mass is 246 g/mol. The van der Waals surface area contributed by atoms with Crippen LogP contribution in [0.3, 0.4) is 0 Å². The molecule has 0 heterocycles. The fourth-order valence-electron chi connectivity index (χ4n) is 0.603. The summed E-state index contributed by atoms with van der Waals surface area (Å²) in [5.74, 6) is -2.53. The number of carbonyl (C=O) groups excluding carboxylic acids is 2. The van der Waals surface area contributed by atoms with Crippen molar-refractivity contribution < 1.29 is 22.8 Å². The topological polar surface area (TPSA) is 58.2 Å². The molecule has 0 spiro atoms. The Balaban J connectivity index is 3.65. The zero-order chi connectivity index (χ0) is 12.1. The molecule has 4 nitrogen and oxygen atoms in total. The normalized spacial score (nSPS) is 13.1. The Morgan fingerprint density at radius 2 is 1.73 bits per heavy atom. The number of carbonyl (C=O) groups is 2. The van der Waals surface area contributed by atoms with Crippen LogP contribution < -0.4 is 10.6 Å². The molecule has 2 N–H and O–H groups in total. The van der Waals surface area contributed by atoms with Crippen molar-refractivity contribution in [3.63, 3.8) is 0 Å². The number of hydrogen-bond donors (Lipinski definition) is 2. The van der Waals surface area contributed by atoms with E-state index < -0.39 is 23.4 Å². The van der Waals surface area contributed by atoms with Crippen LogP contribution in [0, 0.1) is 0 Å². The van der Waals surface area contributed by atoms with E-state index >= 15 is 0 Å². The average Bonchev–Trinajstić information content (AvgIpc) is 2.09. The Hall–Kier alpha value is -0.980. The van der Waals surface area contributed by atoms with Crippen molar-refractivity contribution in [1.29, 1.82) is 0 Å². The Kier molecular flexibility index (Phi) is 5.41. The van der Waals surface area contributed by atoms with Crippen LogP contribution >= 0.6 is 11.6 Å². The molecule has 1 unspecified atom stereocenters. The first-order valence-corrected chi connectivity index (χ1v) is 4.45. The van der Waals surface area contributed by atoms with Gasteiger partial charge in [-0.05, 0) is 6.92 Å². The van der Waals surface area contributed by atoms with E-state index in [1.807, 2.05) is 0 Å². The Bertz CT molecular complexity index is 243. The first-order chi connectivity index (χ1) is 6.75. The fourth-order valence-corrected chi connectivity index (χ4v) is 0.680. The highest BCUT2D eigenvalue weighted by Crippen LogP contribution is 2.13. The molecule has 0 radical (unpaired) electrons. The number of rotatable bonds is 4. The lowest BCUT2D eigenvalue weighted by molar-refractivity contribution is -0.173. The van der Waals surface area contributed by atoms with Gasteiger partial charge in [-0.2, -0.15) is 13.2 Å². The summed E-state index contributed by atoms with van der Waals surface area (Å²) in [5.41, 5.74) is 0. The van der Waals surface area contributed by atoms with E-state index in [0.717, 1.165) is 0 Å². The number of halogens is 4. The summed E-state index contributed by atoms with van der Waals surface area (Å²) in [6, 6.07) is 0. The molecule has 0 aliphatic heterocycles. The van der Waals surface area contributed by atoms with Crippen molar-refractivity contribution in [2.75, 3.05) is 13.1 Å². The maximum absolute atomic E-state index is 11.6. The molecule has 15 heavy (non-hydrogen) atoms.